The molecule has 0 spiro atoms. The molecule has 1 aromatic carbocycles. The maximum absolute atomic E-state index is 12.1. The molecule has 146 valence electrons. The van der Waals surface area contributed by atoms with Gasteiger partial charge in [-0.3, -0.25) is 4.79 Å². The molecule has 1 atom stereocenters. The Labute approximate surface area is 164 Å². The van der Waals surface area contributed by atoms with Crippen molar-refractivity contribution in [3.63, 3.8) is 0 Å². The Kier molecular flexibility index (Phi) is 10.2. The van der Waals surface area contributed by atoms with Crippen LogP contribution in [0.2, 0.25) is 0 Å². The third kappa shape index (κ3) is 8.85. The second-order valence-electron chi connectivity index (χ2n) is 7.24. The molecular weight excluding hydrogens is 334 g/mol. The molecule has 0 fully saturated rings. The van der Waals surface area contributed by atoms with Crippen molar-refractivity contribution in [1.82, 2.24) is 0 Å². The first kappa shape index (κ1) is 21.1. The zero-order valence-electron chi connectivity index (χ0n) is 16.7. The lowest BCUT2D eigenvalue weighted by atomic mass is 10.0. The van der Waals surface area contributed by atoms with Crippen LogP contribution in [0.25, 0.3) is 0 Å². The molecule has 2 rings (SSSR count). The zero-order valence-corrected chi connectivity index (χ0v) is 16.7. The highest BCUT2D eigenvalue weighted by molar-refractivity contribution is 5.77. The van der Waals surface area contributed by atoms with Crippen LogP contribution in [0.1, 0.15) is 69.8 Å². The van der Waals surface area contributed by atoms with Crippen molar-refractivity contribution in [3.05, 3.63) is 66.5 Å². The number of hydrogen-bond donors (Lipinski definition) is 0. The van der Waals surface area contributed by atoms with Crippen LogP contribution in [0.15, 0.2) is 60.9 Å². The molecular formula is C24H34NO2+. The zero-order chi connectivity index (χ0) is 19.2. The number of rotatable bonds is 13. The van der Waals surface area contributed by atoms with Crippen molar-refractivity contribution in [1.29, 1.82) is 0 Å². The molecule has 0 saturated heterocycles. The Morgan fingerprint density at radius 2 is 1.37 bits per heavy atom. The van der Waals surface area contributed by atoms with Gasteiger partial charge in [0.25, 0.3) is 0 Å². The van der Waals surface area contributed by atoms with Gasteiger partial charge in [-0.1, -0.05) is 68.5 Å². The SMILES string of the molecule is C[C@@H](C(=O)OCCCCCCCCCC[n+]1ccccc1)c1ccccc1. The van der Waals surface area contributed by atoms with Crippen LogP contribution in [0, 0.1) is 0 Å². The second kappa shape index (κ2) is 13.1. The van der Waals surface area contributed by atoms with Crippen LogP contribution in [-0.2, 0) is 16.1 Å². The Morgan fingerprint density at radius 1 is 0.815 bits per heavy atom. The highest BCUT2D eigenvalue weighted by atomic mass is 16.5. The van der Waals surface area contributed by atoms with E-state index in [9.17, 15) is 4.79 Å². The molecule has 27 heavy (non-hydrogen) atoms. The molecule has 0 aliphatic carbocycles. The van der Waals surface area contributed by atoms with Gasteiger partial charge in [0.15, 0.2) is 12.4 Å². The number of ether oxygens (including phenoxy) is 1. The lowest BCUT2D eigenvalue weighted by Crippen LogP contribution is -2.32. The summed E-state index contributed by atoms with van der Waals surface area (Å²) >= 11 is 0. The number of aryl methyl sites for hydroxylation is 1. The Bertz CT molecular complexity index is 627. The minimum absolute atomic E-state index is 0.113. The summed E-state index contributed by atoms with van der Waals surface area (Å²) in [5.41, 5.74) is 1.02. The molecule has 0 amide bonds. The fourth-order valence-electron chi connectivity index (χ4n) is 3.22. The standard InChI is InChI=1S/C24H34NO2/c1-22(23-16-10-8-11-17-23)24(26)27-21-15-7-5-3-2-4-6-12-18-25-19-13-9-14-20-25/h8-11,13-14,16-17,19-20,22H,2-7,12,15,18,21H2,1H3/q+1/t22-/m1/s1. The quantitative estimate of drug-likeness (QED) is 0.268. The van der Waals surface area contributed by atoms with Crippen molar-refractivity contribution in [2.45, 2.75) is 70.8 Å². The lowest BCUT2D eigenvalue weighted by Gasteiger charge is -2.11. The van der Waals surface area contributed by atoms with Gasteiger partial charge in [0, 0.05) is 18.6 Å². The topological polar surface area (TPSA) is 30.2 Å². The predicted molar refractivity (Wildman–Crippen MR) is 109 cm³/mol. The van der Waals surface area contributed by atoms with Gasteiger partial charge in [0.05, 0.1) is 12.5 Å². The van der Waals surface area contributed by atoms with Crippen LogP contribution >= 0.6 is 0 Å². The summed E-state index contributed by atoms with van der Waals surface area (Å²) in [6.07, 6.45) is 14.1. The number of aromatic nitrogens is 1. The Balaban J connectivity index is 1.40. The van der Waals surface area contributed by atoms with Gasteiger partial charge in [0.1, 0.15) is 6.54 Å². The van der Waals surface area contributed by atoms with E-state index in [1.165, 1.54) is 38.5 Å². The molecule has 0 saturated carbocycles. The van der Waals surface area contributed by atoms with E-state index in [1.54, 1.807) is 0 Å². The van der Waals surface area contributed by atoms with E-state index in [-0.39, 0.29) is 11.9 Å². The van der Waals surface area contributed by atoms with E-state index in [0.29, 0.717) is 6.61 Å². The van der Waals surface area contributed by atoms with E-state index in [4.69, 9.17) is 4.74 Å². The molecule has 0 aliphatic heterocycles. The van der Waals surface area contributed by atoms with Crippen LogP contribution in [0.5, 0.6) is 0 Å². The summed E-state index contributed by atoms with van der Waals surface area (Å²) in [6.45, 7) is 3.58. The molecule has 0 N–H and O–H groups in total. The molecule has 3 heteroatoms. The molecule has 0 bridgehead atoms. The van der Waals surface area contributed by atoms with Crippen LogP contribution in [-0.4, -0.2) is 12.6 Å². The summed E-state index contributed by atoms with van der Waals surface area (Å²) in [5.74, 6) is -0.294. The summed E-state index contributed by atoms with van der Waals surface area (Å²) in [5, 5.41) is 0. The van der Waals surface area contributed by atoms with Gasteiger partial charge < -0.3 is 4.74 Å². The van der Waals surface area contributed by atoms with Gasteiger partial charge in [-0.2, -0.15) is 0 Å². The van der Waals surface area contributed by atoms with Crippen molar-refractivity contribution in [3.8, 4) is 0 Å². The average molecular weight is 369 g/mol. The minimum atomic E-state index is -0.180. The Morgan fingerprint density at radius 3 is 2.04 bits per heavy atom. The minimum Gasteiger partial charge on any atom is -0.465 e. The largest absolute Gasteiger partial charge is 0.465 e. The maximum Gasteiger partial charge on any atom is 0.313 e. The number of esters is 1. The molecule has 0 aliphatic rings. The number of carbonyl (C=O) groups excluding carboxylic acids is 1. The normalized spacial score (nSPS) is 11.9. The van der Waals surface area contributed by atoms with Gasteiger partial charge in [-0.15, -0.1) is 0 Å². The molecule has 2 aromatic rings. The maximum atomic E-state index is 12.1. The van der Waals surface area contributed by atoms with Crippen molar-refractivity contribution >= 4 is 5.97 Å². The summed E-state index contributed by atoms with van der Waals surface area (Å²) < 4.78 is 7.67. The molecule has 0 radical (unpaired) electrons. The van der Waals surface area contributed by atoms with Crippen molar-refractivity contribution < 1.29 is 14.1 Å². The van der Waals surface area contributed by atoms with Crippen molar-refractivity contribution in [2.75, 3.05) is 6.61 Å². The first-order chi connectivity index (χ1) is 13.3. The smallest absolute Gasteiger partial charge is 0.313 e. The lowest BCUT2D eigenvalue weighted by molar-refractivity contribution is -0.697. The predicted octanol–water partition coefficient (Wildman–Crippen LogP) is 5.44. The highest BCUT2D eigenvalue weighted by Crippen LogP contribution is 2.16. The fraction of sp³-hybridized carbons (Fsp3) is 0.500. The average Bonchev–Trinajstić information content (AvgIpc) is 2.72. The summed E-state index contributed by atoms with van der Waals surface area (Å²) in [4.78, 5) is 12.1. The van der Waals surface area contributed by atoms with Gasteiger partial charge in [-0.05, 0) is 25.3 Å². The van der Waals surface area contributed by atoms with Gasteiger partial charge in [-0.25, -0.2) is 4.57 Å². The molecule has 1 aromatic heterocycles. The first-order valence-electron chi connectivity index (χ1n) is 10.4. The van der Waals surface area contributed by atoms with E-state index < -0.39 is 0 Å². The molecule has 3 nitrogen and oxygen atoms in total. The number of pyridine rings is 1. The second-order valence-corrected chi connectivity index (χ2v) is 7.24. The number of carbonyl (C=O) groups is 1. The third-order valence-electron chi connectivity index (χ3n) is 4.99. The monoisotopic (exact) mass is 368 g/mol. The molecule has 1 heterocycles. The van der Waals surface area contributed by atoms with Crippen LogP contribution in [0.3, 0.4) is 0 Å². The molecule has 0 unspecified atom stereocenters. The van der Waals surface area contributed by atoms with E-state index in [0.717, 1.165) is 24.9 Å². The summed E-state index contributed by atoms with van der Waals surface area (Å²) in [6, 6.07) is 16.1. The number of benzene rings is 1. The van der Waals surface area contributed by atoms with E-state index >= 15 is 0 Å². The van der Waals surface area contributed by atoms with E-state index in [1.807, 2.05) is 37.3 Å². The highest BCUT2D eigenvalue weighted by Gasteiger charge is 2.15. The summed E-state index contributed by atoms with van der Waals surface area (Å²) in [7, 11) is 0. The number of unbranched alkanes of at least 4 members (excludes halogenated alkanes) is 7. The Hall–Kier alpha value is -2.16. The van der Waals surface area contributed by atoms with Gasteiger partial charge >= 0.3 is 5.97 Å². The first-order valence-corrected chi connectivity index (χ1v) is 10.4. The van der Waals surface area contributed by atoms with Crippen LogP contribution < -0.4 is 4.57 Å². The van der Waals surface area contributed by atoms with E-state index in [2.05, 4.69) is 35.2 Å². The van der Waals surface area contributed by atoms with Crippen molar-refractivity contribution in [2.24, 2.45) is 0 Å². The third-order valence-corrected chi connectivity index (χ3v) is 4.99. The number of hydrogen-bond acceptors (Lipinski definition) is 2. The fourth-order valence-corrected chi connectivity index (χ4v) is 3.22. The van der Waals surface area contributed by atoms with Crippen LogP contribution in [0.4, 0.5) is 0 Å². The van der Waals surface area contributed by atoms with Gasteiger partial charge in [0.2, 0.25) is 0 Å². The number of nitrogens with zero attached hydrogens (tertiary/aromatic N) is 1.